The van der Waals surface area contributed by atoms with Crippen LogP contribution < -0.4 is 5.56 Å². The average Bonchev–Trinajstić information content (AvgIpc) is 3.05. The number of carbonyl (C=O) groups excluding carboxylic acids is 1. The normalized spacial score (nSPS) is 12.3. The van der Waals surface area contributed by atoms with E-state index in [1.165, 1.54) is 15.6 Å². The average molecular weight is 376 g/mol. The van der Waals surface area contributed by atoms with Crippen molar-refractivity contribution in [3.63, 3.8) is 0 Å². The number of aromatic nitrogens is 5. The molecule has 0 spiro atoms. The summed E-state index contributed by atoms with van der Waals surface area (Å²) < 4.78 is 7.71. The number of fused-ring (bicyclic) bond motifs is 1. The SMILES string of the molecule is CCOC(=O)C(CC)n1cnc2c(nnn2-c2ccc(C)c(Cl)c2)c1=O. The van der Waals surface area contributed by atoms with Gasteiger partial charge in [0.05, 0.1) is 12.3 Å². The first-order valence-electron chi connectivity index (χ1n) is 8.23. The van der Waals surface area contributed by atoms with Gasteiger partial charge in [-0.25, -0.2) is 9.78 Å². The van der Waals surface area contributed by atoms with E-state index in [0.717, 1.165) is 5.56 Å². The number of rotatable bonds is 5. The molecule has 0 radical (unpaired) electrons. The molecule has 0 N–H and O–H groups in total. The Morgan fingerprint density at radius 3 is 2.77 bits per heavy atom. The first kappa shape index (κ1) is 18.1. The van der Waals surface area contributed by atoms with Crippen LogP contribution in [-0.2, 0) is 9.53 Å². The topological polar surface area (TPSA) is 91.9 Å². The van der Waals surface area contributed by atoms with Crippen molar-refractivity contribution in [3.8, 4) is 5.69 Å². The number of benzene rings is 1. The summed E-state index contributed by atoms with van der Waals surface area (Å²) in [4.78, 5) is 29.2. The fourth-order valence-electron chi connectivity index (χ4n) is 2.65. The third-order valence-corrected chi connectivity index (χ3v) is 4.48. The number of hydrogen-bond donors (Lipinski definition) is 0. The quantitative estimate of drug-likeness (QED) is 0.636. The summed E-state index contributed by atoms with van der Waals surface area (Å²) in [6, 6.07) is 4.64. The lowest BCUT2D eigenvalue weighted by atomic mass is 10.2. The maximum absolute atomic E-state index is 12.8. The molecule has 26 heavy (non-hydrogen) atoms. The van der Waals surface area contributed by atoms with Crippen molar-refractivity contribution in [2.45, 2.75) is 33.2 Å². The van der Waals surface area contributed by atoms with Gasteiger partial charge in [0.1, 0.15) is 12.4 Å². The molecule has 0 amide bonds. The highest BCUT2D eigenvalue weighted by Crippen LogP contribution is 2.21. The van der Waals surface area contributed by atoms with Crippen molar-refractivity contribution >= 4 is 28.7 Å². The second-order valence-corrected chi connectivity index (χ2v) is 6.15. The Labute approximate surface area is 154 Å². The number of ether oxygens (including phenoxy) is 1. The number of carbonyl (C=O) groups is 1. The summed E-state index contributed by atoms with van der Waals surface area (Å²) >= 11 is 6.16. The Balaban J connectivity index is 2.10. The zero-order valence-corrected chi connectivity index (χ0v) is 15.4. The molecule has 0 aliphatic heterocycles. The molecule has 0 aliphatic carbocycles. The summed E-state index contributed by atoms with van der Waals surface area (Å²) in [6.07, 6.45) is 1.72. The van der Waals surface area contributed by atoms with E-state index >= 15 is 0 Å². The molecule has 0 saturated heterocycles. The molecule has 0 bridgehead atoms. The Hall–Kier alpha value is -2.74. The Bertz CT molecular complexity index is 1030. The van der Waals surface area contributed by atoms with Gasteiger partial charge in [-0.3, -0.25) is 9.36 Å². The molecule has 0 aliphatic rings. The Morgan fingerprint density at radius 1 is 1.35 bits per heavy atom. The van der Waals surface area contributed by atoms with Gasteiger partial charge in [-0.1, -0.05) is 29.8 Å². The Morgan fingerprint density at radius 2 is 2.12 bits per heavy atom. The van der Waals surface area contributed by atoms with Gasteiger partial charge in [0.25, 0.3) is 5.56 Å². The maximum Gasteiger partial charge on any atom is 0.329 e. The van der Waals surface area contributed by atoms with E-state index in [2.05, 4.69) is 15.3 Å². The van der Waals surface area contributed by atoms with Crippen LogP contribution in [0.2, 0.25) is 5.02 Å². The van der Waals surface area contributed by atoms with Gasteiger partial charge in [-0.05, 0) is 38.0 Å². The molecule has 1 atom stereocenters. The molecule has 0 saturated carbocycles. The lowest BCUT2D eigenvalue weighted by Crippen LogP contribution is -2.31. The van der Waals surface area contributed by atoms with Gasteiger partial charge in [0.15, 0.2) is 11.2 Å². The Kier molecular flexibility index (Phi) is 5.03. The molecule has 136 valence electrons. The molecular formula is C17H18ClN5O3. The zero-order chi connectivity index (χ0) is 18.8. The van der Waals surface area contributed by atoms with Crippen molar-refractivity contribution in [3.05, 3.63) is 45.5 Å². The highest BCUT2D eigenvalue weighted by Gasteiger charge is 2.23. The first-order chi connectivity index (χ1) is 12.5. The molecule has 1 unspecified atom stereocenters. The van der Waals surface area contributed by atoms with E-state index in [1.54, 1.807) is 19.9 Å². The largest absolute Gasteiger partial charge is 0.464 e. The maximum atomic E-state index is 12.8. The van der Waals surface area contributed by atoms with Crippen molar-refractivity contribution in [1.29, 1.82) is 0 Å². The van der Waals surface area contributed by atoms with E-state index in [4.69, 9.17) is 16.3 Å². The summed E-state index contributed by atoms with van der Waals surface area (Å²) in [5.74, 6) is -0.476. The van der Waals surface area contributed by atoms with Gasteiger partial charge in [-0.15, -0.1) is 5.10 Å². The van der Waals surface area contributed by atoms with Gasteiger partial charge in [0.2, 0.25) is 0 Å². The monoisotopic (exact) mass is 375 g/mol. The van der Waals surface area contributed by atoms with Crippen LogP contribution in [0, 0.1) is 6.92 Å². The molecule has 0 fully saturated rings. The van der Waals surface area contributed by atoms with Crippen LogP contribution in [0.4, 0.5) is 0 Å². The van der Waals surface area contributed by atoms with E-state index in [0.29, 0.717) is 22.8 Å². The van der Waals surface area contributed by atoms with E-state index in [1.807, 2.05) is 19.1 Å². The fraction of sp³-hybridized carbons (Fsp3) is 0.353. The van der Waals surface area contributed by atoms with Crippen molar-refractivity contribution < 1.29 is 9.53 Å². The van der Waals surface area contributed by atoms with Crippen LogP contribution >= 0.6 is 11.6 Å². The number of nitrogens with zero attached hydrogens (tertiary/aromatic N) is 5. The summed E-state index contributed by atoms with van der Waals surface area (Å²) in [5.41, 5.74) is 1.50. The molecular weight excluding hydrogens is 358 g/mol. The van der Waals surface area contributed by atoms with Crippen LogP contribution in [0.3, 0.4) is 0 Å². The standard InChI is InChI=1S/C17H18ClN5O3/c1-4-13(17(25)26-5-2)22-9-19-15-14(16(22)24)20-21-23(15)11-7-6-10(3)12(18)8-11/h6-9,13H,4-5H2,1-3H3. The van der Waals surface area contributed by atoms with Crippen LogP contribution in [0.5, 0.6) is 0 Å². The number of esters is 1. The van der Waals surface area contributed by atoms with Gasteiger partial charge in [0, 0.05) is 5.02 Å². The van der Waals surface area contributed by atoms with Gasteiger partial charge in [-0.2, -0.15) is 4.68 Å². The third-order valence-electron chi connectivity index (χ3n) is 4.07. The zero-order valence-electron chi connectivity index (χ0n) is 14.6. The molecule has 3 aromatic rings. The molecule has 3 rings (SSSR count). The summed E-state index contributed by atoms with van der Waals surface area (Å²) in [6.45, 7) is 5.64. The second-order valence-electron chi connectivity index (χ2n) is 5.74. The van der Waals surface area contributed by atoms with Crippen LogP contribution in [0.1, 0.15) is 31.9 Å². The highest BCUT2D eigenvalue weighted by molar-refractivity contribution is 6.31. The molecule has 2 aromatic heterocycles. The van der Waals surface area contributed by atoms with Crippen molar-refractivity contribution in [2.75, 3.05) is 6.61 Å². The van der Waals surface area contributed by atoms with Crippen LogP contribution in [-0.4, -0.2) is 37.1 Å². The predicted octanol–water partition coefficient (Wildman–Crippen LogP) is 2.45. The van der Waals surface area contributed by atoms with Crippen LogP contribution in [0.15, 0.2) is 29.3 Å². The lowest BCUT2D eigenvalue weighted by Gasteiger charge is -2.15. The predicted molar refractivity (Wildman–Crippen MR) is 96.6 cm³/mol. The third kappa shape index (κ3) is 3.08. The minimum atomic E-state index is -0.752. The lowest BCUT2D eigenvalue weighted by molar-refractivity contribution is -0.147. The minimum absolute atomic E-state index is 0.0759. The van der Waals surface area contributed by atoms with E-state index in [-0.39, 0.29) is 12.1 Å². The van der Waals surface area contributed by atoms with E-state index in [9.17, 15) is 9.59 Å². The fourth-order valence-corrected chi connectivity index (χ4v) is 2.82. The molecule has 8 nitrogen and oxygen atoms in total. The second kappa shape index (κ2) is 7.25. The summed E-state index contributed by atoms with van der Waals surface area (Å²) in [5, 5.41) is 8.55. The number of halogens is 1. The van der Waals surface area contributed by atoms with Crippen molar-refractivity contribution in [1.82, 2.24) is 24.5 Å². The van der Waals surface area contributed by atoms with Gasteiger partial charge < -0.3 is 4.74 Å². The number of hydrogen-bond acceptors (Lipinski definition) is 6. The minimum Gasteiger partial charge on any atom is -0.464 e. The van der Waals surface area contributed by atoms with Crippen LogP contribution in [0.25, 0.3) is 16.9 Å². The van der Waals surface area contributed by atoms with Crippen molar-refractivity contribution in [2.24, 2.45) is 0 Å². The molecule has 9 heteroatoms. The first-order valence-corrected chi connectivity index (χ1v) is 8.61. The highest BCUT2D eigenvalue weighted by atomic mass is 35.5. The smallest absolute Gasteiger partial charge is 0.329 e. The molecule has 1 aromatic carbocycles. The summed E-state index contributed by atoms with van der Waals surface area (Å²) in [7, 11) is 0. The van der Waals surface area contributed by atoms with Gasteiger partial charge >= 0.3 is 5.97 Å². The number of aryl methyl sites for hydroxylation is 1. The molecule has 2 heterocycles. The van der Waals surface area contributed by atoms with E-state index < -0.39 is 17.6 Å².